The lowest BCUT2D eigenvalue weighted by Crippen LogP contribution is -2.36. The van der Waals surface area contributed by atoms with Crippen LogP contribution in [-0.2, 0) is 9.53 Å². The molecule has 1 aliphatic heterocycles. The lowest BCUT2D eigenvalue weighted by Gasteiger charge is -2.13. The molecule has 0 saturated carbocycles. The summed E-state index contributed by atoms with van der Waals surface area (Å²) in [7, 11) is 0. The fourth-order valence-corrected chi connectivity index (χ4v) is 1.39. The summed E-state index contributed by atoms with van der Waals surface area (Å²) in [5, 5.41) is 11.4. The molecule has 0 bridgehead atoms. The van der Waals surface area contributed by atoms with Gasteiger partial charge in [-0.25, -0.2) is 0 Å². The van der Waals surface area contributed by atoms with Crippen molar-refractivity contribution in [3.63, 3.8) is 0 Å². The van der Waals surface area contributed by atoms with E-state index in [9.17, 15) is 4.79 Å². The van der Waals surface area contributed by atoms with Crippen molar-refractivity contribution >= 4 is 5.91 Å². The van der Waals surface area contributed by atoms with Crippen LogP contribution in [0.1, 0.15) is 26.2 Å². The summed E-state index contributed by atoms with van der Waals surface area (Å²) in [4.78, 5) is 11.3. The molecule has 0 aromatic heterocycles. The first-order chi connectivity index (χ1) is 6.22. The van der Waals surface area contributed by atoms with Gasteiger partial charge in [-0.15, -0.1) is 0 Å². The van der Waals surface area contributed by atoms with Gasteiger partial charge in [0, 0.05) is 12.6 Å². The van der Waals surface area contributed by atoms with Gasteiger partial charge in [0.15, 0.2) is 0 Å². The molecule has 1 fully saturated rings. The minimum atomic E-state index is -0.158. The van der Waals surface area contributed by atoms with Crippen LogP contribution in [0.25, 0.3) is 0 Å². The Labute approximate surface area is 78.3 Å². The Balaban J connectivity index is 2.16. The Hall–Kier alpha value is -0.610. The highest BCUT2D eigenvalue weighted by Gasteiger charge is 2.19. The molecule has 76 valence electrons. The van der Waals surface area contributed by atoms with Crippen molar-refractivity contribution in [2.75, 3.05) is 13.2 Å². The first kappa shape index (κ1) is 10.5. The van der Waals surface area contributed by atoms with Crippen LogP contribution < -0.4 is 5.32 Å². The molecule has 13 heavy (non-hydrogen) atoms. The molecule has 4 heteroatoms. The molecular formula is C9H17NO3. The topological polar surface area (TPSA) is 58.6 Å². The van der Waals surface area contributed by atoms with Gasteiger partial charge in [-0.1, -0.05) is 0 Å². The van der Waals surface area contributed by atoms with Gasteiger partial charge in [-0.3, -0.25) is 4.79 Å². The zero-order valence-electron chi connectivity index (χ0n) is 7.95. The molecule has 1 rings (SSSR count). The summed E-state index contributed by atoms with van der Waals surface area (Å²) < 4.78 is 5.32. The molecule has 0 aromatic rings. The second-order valence-corrected chi connectivity index (χ2v) is 3.49. The lowest BCUT2D eigenvalue weighted by molar-refractivity contribution is -0.124. The second-order valence-electron chi connectivity index (χ2n) is 3.49. The third kappa shape index (κ3) is 3.74. The van der Waals surface area contributed by atoms with Crippen molar-refractivity contribution in [1.29, 1.82) is 0 Å². The van der Waals surface area contributed by atoms with Crippen molar-refractivity contribution in [3.8, 4) is 0 Å². The number of hydrogen-bond donors (Lipinski definition) is 2. The quantitative estimate of drug-likeness (QED) is 0.654. The van der Waals surface area contributed by atoms with Crippen molar-refractivity contribution in [2.45, 2.75) is 38.3 Å². The standard InChI is InChI=1S/C9H17NO3/c1-7(6-11)10-9(12)5-8-3-2-4-13-8/h7-8,11H,2-6H2,1H3,(H,10,12). The molecule has 1 aliphatic rings. The molecule has 1 amide bonds. The van der Waals surface area contributed by atoms with Crippen LogP contribution in [0.5, 0.6) is 0 Å². The number of nitrogens with one attached hydrogen (secondary N) is 1. The summed E-state index contributed by atoms with van der Waals surface area (Å²) in [5.74, 6) is -0.0338. The molecule has 2 unspecified atom stereocenters. The van der Waals surface area contributed by atoms with E-state index in [0.29, 0.717) is 6.42 Å². The number of aliphatic hydroxyl groups is 1. The molecule has 0 aromatic carbocycles. The predicted molar refractivity (Wildman–Crippen MR) is 48.3 cm³/mol. The number of aliphatic hydroxyl groups excluding tert-OH is 1. The van der Waals surface area contributed by atoms with Crippen molar-refractivity contribution in [2.24, 2.45) is 0 Å². The average molecular weight is 187 g/mol. The number of ether oxygens (including phenoxy) is 1. The van der Waals surface area contributed by atoms with E-state index in [4.69, 9.17) is 9.84 Å². The molecule has 0 radical (unpaired) electrons. The van der Waals surface area contributed by atoms with E-state index in [1.165, 1.54) is 0 Å². The predicted octanol–water partition coefficient (Wildman–Crippen LogP) is 0.0525. The maximum Gasteiger partial charge on any atom is 0.222 e. The number of carbonyl (C=O) groups excluding carboxylic acids is 1. The third-order valence-corrected chi connectivity index (χ3v) is 2.12. The number of amides is 1. The van der Waals surface area contributed by atoms with Crippen molar-refractivity contribution in [1.82, 2.24) is 5.32 Å². The number of carbonyl (C=O) groups is 1. The van der Waals surface area contributed by atoms with E-state index in [2.05, 4.69) is 5.32 Å². The van der Waals surface area contributed by atoms with Gasteiger partial charge in [-0.05, 0) is 19.8 Å². The molecule has 1 heterocycles. The summed E-state index contributed by atoms with van der Waals surface area (Å²) in [6.45, 7) is 2.53. The molecule has 1 saturated heterocycles. The maximum absolute atomic E-state index is 11.3. The summed E-state index contributed by atoms with van der Waals surface area (Å²) in [6, 6.07) is -0.158. The van der Waals surface area contributed by atoms with Gasteiger partial charge in [-0.2, -0.15) is 0 Å². The highest BCUT2D eigenvalue weighted by Crippen LogP contribution is 2.14. The van der Waals surface area contributed by atoms with Crippen LogP contribution in [-0.4, -0.2) is 36.4 Å². The van der Waals surface area contributed by atoms with Gasteiger partial charge in [0.2, 0.25) is 5.91 Å². The Kier molecular flexibility index (Phi) is 4.18. The van der Waals surface area contributed by atoms with Crippen LogP contribution >= 0.6 is 0 Å². The second kappa shape index (κ2) is 5.19. The summed E-state index contributed by atoms with van der Waals surface area (Å²) >= 11 is 0. The SMILES string of the molecule is CC(CO)NC(=O)CC1CCCO1. The smallest absolute Gasteiger partial charge is 0.222 e. The minimum Gasteiger partial charge on any atom is -0.394 e. The normalized spacial score (nSPS) is 24.3. The van der Waals surface area contributed by atoms with E-state index < -0.39 is 0 Å². The molecule has 2 N–H and O–H groups in total. The monoisotopic (exact) mass is 187 g/mol. The summed E-state index contributed by atoms with van der Waals surface area (Å²) in [6.07, 6.45) is 2.53. The Morgan fingerprint density at radius 1 is 1.77 bits per heavy atom. The Morgan fingerprint density at radius 2 is 2.54 bits per heavy atom. The Bertz CT molecular complexity index is 166. The highest BCUT2D eigenvalue weighted by molar-refractivity contribution is 5.76. The fraction of sp³-hybridized carbons (Fsp3) is 0.889. The van der Waals surface area contributed by atoms with Crippen LogP contribution in [0, 0.1) is 0 Å². The molecule has 0 aliphatic carbocycles. The number of rotatable bonds is 4. The first-order valence-corrected chi connectivity index (χ1v) is 4.74. The van der Waals surface area contributed by atoms with Crippen LogP contribution in [0.3, 0.4) is 0 Å². The number of hydrogen-bond acceptors (Lipinski definition) is 3. The zero-order valence-corrected chi connectivity index (χ0v) is 7.95. The van der Waals surface area contributed by atoms with E-state index in [0.717, 1.165) is 19.4 Å². The van der Waals surface area contributed by atoms with Crippen LogP contribution in [0.15, 0.2) is 0 Å². The fourth-order valence-electron chi connectivity index (χ4n) is 1.39. The molecule has 4 nitrogen and oxygen atoms in total. The summed E-state index contributed by atoms with van der Waals surface area (Å²) in [5.41, 5.74) is 0. The van der Waals surface area contributed by atoms with Gasteiger partial charge < -0.3 is 15.2 Å². The van der Waals surface area contributed by atoms with E-state index in [-0.39, 0.29) is 24.7 Å². The van der Waals surface area contributed by atoms with Gasteiger partial charge >= 0.3 is 0 Å². The zero-order chi connectivity index (χ0) is 9.68. The largest absolute Gasteiger partial charge is 0.394 e. The van der Waals surface area contributed by atoms with Crippen molar-refractivity contribution < 1.29 is 14.6 Å². The van der Waals surface area contributed by atoms with Crippen LogP contribution in [0.4, 0.5) is 0 Å². The molecule has 0 spiro atoms. The van der Waals surface area contributed by atoms with E-state index in [1.54, 1.807) is 6.92 Å². The van der Waals surface area contributed by atoms with E-state index >= 15 is 0 Å². The molecule has 2 atom stereocenters. The average Bonchev–Trinajstić information content (AvgIpc) is 2.56. The third-order valence-electron chi connectivity index (χ3n) is 2.12. The van der Waals surface area contributed by atoms with Crippen LogP contribution in [0.2, 0.25) is 0 Å². The molecular weight excluding hydrogens is 170 g/mol. The lowest BCUT2D eigenvalue weighted by atomic mass is 10.1. The van der Waals surface area contributed by atoms with Gasteiger partial charge in [0.1, 0.15) is 0 Å². The van der Waals surface area contributed by atoms with E-state index in [1.807, 2.05) is 0 Å². The maximum atomic E-state index is 11.3. The van der Waals surface area contributed by atoms with Gasteiger partial charge in [0.05, 0.1) is 19.1 Å². The van der Waals surface area contributed by atoms with Gasteiger partial charge in [0.25, 0.3) is 0 Å². The Morgan fingerprint density at radius 3 is 3.08 bits per heavy atom. The first-order valence-electron chi connectivity index (χ1n) is 4.74. The minimum absolute atomic E-state index is 0.0166. The highest BCUT2D eigenvalue weighted by atomic mass is 16.5. The van der Waals surface area contributed by atoms with Crippen molar-refractivity contribution in [3.05, 3.63) is 0 Å².